The number of carbonyl (C=O) groups is 2. The molecule has 6 heteroatoms. The van der Waals surface area contributed by atoms with Crippen LogP contribution in [0.25, 0.3) is 0 Å². The summed E-state index contributed by atoms with van der Waals surface area (Å²) in [5, 5.41) is 0. The van der Waals surface area contributed by atoms with Crippen LogP contribution in [0.1, 0.15) is 12.0 Å². The molecule has 3 rings (SSSR count). The van der Waals surface area contributed by atoms with E-state index in [1.54, 1.807) is 21.9 Å². The molecule has 0 N–H and O–H groups in total. The van der Waals surface area contributed by atoms with E-state index < -0.39 is 6.09 Å². The van der Waals surface area contributed by atoms with E-state index in [1.165, 1.54) is 0 Å². The second-order valence-corrected chi connectivity index (χ2v) is 6.05. The molecule has 26 heavy (non-hydrogen) atoms. The third-order valence-electron chi connectivity index (χ3n) is 4.17. The van der Waals surface area contributed by atoms with Gasteiger partial charge in [0.2, 0.25) is 0 Å². The molecule has 0 radical (unpaired) electrons. The summed E-state index contributed by atoms with van der Waals surface area (Å²) in [5.41, 5.74) is 0.948. The fourth-order valence-corrected chi connectivity index (χ4v) is 2.75. The summed E-state index contributed by atoms with van der Waals surface area (Å²) >= 11 is 0. The van der Waals surface area contributed by atoms with E-state index in [0.717, 1.165) is 5.56 Å². The average Bonchev–Trinajstić information content (AvgIpc) is 2.94. The molecule has 0 atom stereocenters. The summed E-state index contributed by atoms with van der Waals surface area (Å²) in [5.74, 6) is 0.515. The van der Waals surface area contributed by atoms with Crippen LogP contribution in [0.3, 0.4) is 0 Å². The van der Waals surface area contributed by atoms with Crippen molar-refractivity contribution in [2.24, 2.45) is 0 Å². The van der Waals surface area contributed by atoms with Gasteiger partial charge in [-0.2, -0.15) is 0 Å². The summed E-state index contributed by atoms with van der Waals surface area (Å²) in [6, 6.07) is 18.5. The number of benzene rings is 2. The quantitative estimate of drug-likeness (QED) is 0.846. The lowest BCUT2D eigenvalue weighted by molar-refractivity contribution is 0.0968. The minimum Gasteiger partial charge on any atom is -0.445 e. The summed E-state index contributed by atoms with van der Waals surface area (Å²) in [7, 11) is 0. The molecule has 1 aliphatic heterocycles. The molecule has 0 aliphatic carbocycles. The maximum atomic E-state index is 12.3. The minimum atomic E-state index is -0.393. The Morgan fingerprint density at radius 3 is 2.00 bits per heavy atom. The van der Waals surface area contributed by atoms with Crippen molar-refractivity contribution in [1.29, 1.82) is 0 Å². The lowest BCUT2D eigenvalue weighted by Gasteiger charge is -2.21. The number of nitrogens with zero attached hydrogens (tertiary/aromatic N) is 2. The fraction of sp³-hybridized carbons (Fsp3) is 0.300. The van der Waals surface area contributed by atoms with Crippen LogP contribution in [0.5, 0.6) is 5.75 Å². The van der Waals surface area contributed by atoms with Crippen molar-refractivity contribution >= 4 is 12.2 Å². The van der Waals surface area contributed by atoms with Gasteiger partial charge in [-0.3, -0.25) is 0 Å². The molecule has 1 heterocycles. The summed E-state index contributed by atoms with van der Waals surface area (Å²) in [6.45, 7) is 2.20. The molecule has 0 bridgehead atoms. The van der Waals surface area contributed by atoms with Crippen molar-refractivity contribution in [2.45, 2.75) is 13.0 Å². The molecule has 0 aromatic heterocycles. The first-order chi connectivity index (χ1) is 12.7. The first-order valence-corrected chi connectivity index (χ1v) is 8.70. The monoisotopic (exact) mass is 354 g/mol. The van der Waals surface area contributed by atoms with Crippen molar-refractivity contribution in [3.05, 3.63) is 66.2 Å². The van der Waals surface area contributed by atoms with Gasteiger partial charge >= 0.3 is 12.2 Å². The van der Waals surface area contributed by atoms with Crippen LogP contribution in [0, 0.1) is 0 Å². The highest BCUT2D eigenvalue weighted by Crippen LogP contribution is 2.12. The molecule has 0 spiro atoms. The third-order valence-corrected chi connectivity index (χ3v) is 4.17. The number of ether oxygens (including phenoxy) is 2. The highest BCUT2D eigenvalue weighted by atomic mass is 16.6. The lowest BCUT2D eigenvalue weighted by atomic mass is 10.2. The highest BCUT2D eigenvalue weighted by molar-refractivity contribution is 5.71. The van der Waals surface area contributed by atoms with Crippen LogP contribution in [0.15, 0.2) is 60.7 Å². The molecule has 136 valence electrons. The zero-order chi connectivity index (χ0) is 18.2. The first kappa shape index (κ1) is 17.8. The van der Waals surface area contributed by atoms with Crippen LogP contribution in [0.4, 0.5) is 9.59 Å². The largest absolute Gasteiger partial charge is 0.445 e. The Morgan fingerprint density at radius 2 is 1.35 bits per heavy atom. The number of carbonyl (C=O) groups excluding carboxylic acids is 2. The first-order valence-electron chi connectivity index (χ1n) is 8.70. The molecule has 2 aromatic rings. The Bertz CT molecular complexity index is 721. The molecule has 2 aromatic carbocycles. The van der Waals surface area contributed by atoms with Gasteiger partial charge in [-0.15, -0.1) is 0 Å². The van der Waals surface area contributed by atoms with Crippen molar-refractivity contribution < 1.29 is 19.1 Å². The second kappa shape index (κ2) is 8.89. The molecule has 2 amide bonds. The van der Waals surface area contributed by atoms with Gasteiger partial charge in [-0.05, 0) is 24.1 Å². The van der Waals surface area contributed by atoms with Gasteiger partial charge in [0.05, 0.1) is 0 Å². The van der Waals surface area contributed by atoms with Crippen molar-refractivity contribution in [3.8, 4) is 5.75 Å². The summed E-state index contributed by atoms with van der Waals surface area (Å²) in [4.78, 5) is 27.8. The van der Waals surface area contributed by atoms with Gasteiger partial charge in [-0.25, -0.2) is 9.59 Å². The fourth-order valence-electron chi connectivity index (χ4n) is 2.75. The molecular formula is C20H22N2O4. The van der Waals surface area contributed by atoms with Crippen molar-refractivity contribution in [2.75, 3.05) is 26.2 Å². The highest BCUT2D eigenvalue weighted by Gasteiger charge is 2.24. The van der Waals surface area contributed by atoms with Crippen molar-refractivity contribution in [3.63, 3.8) is 0 Å². The van der Waals surface area contributed by atoms with Crippen LogP contribution in [-0.2, 0) is 11.3 Å². The molecular weight excluding hydrogens is 332 g/mol. The number of hydrogen-bond donors (Lipinski definition) is 0. The van der Waals surface area contributed by atoms with Gasteiger partial charge in [0.1, 0.15) is 12.4 Å². The topological polar surface area (TPSA) is 59.1 Å². The Labute approximate surface area is 152 Å². The lowest BCUT2D eigenvalue weighted by Crippen LogP contribution is -2.38. The van der Waals surface area contributed by atoms with Gasteiger partial charge < -0.3 is 19.3 Å². The Balaban J connectivity index is 1.48. The van der Waals surface area contributed by atoms with E-state index in [-0.39, 0.29) is 12.7 Å². The van der Waals surface area contributed by atoms with Gasteiger partial charge in [0, 0.05) is 26.2 Å². The maximum absolute atomic E-state index is 12.3. The van der Waals surface area contributed by atoms with Gasteiger partial charge in [-0.1, -0.05) is 48.5 Å². The van der Waals surface area contributed by atoms with E-state index in [1.807, 2.05) is 48.5 Å². The van der Waals surface area contributed by atoms with Crippen LogP contribution in [-0.4, -0.2) is 48.2 Å². The predicted molar refractivity (Wildman–Crippen MR) is 96.9 cm³/mol. The van der Waals surface area contributed by atoms with E-state index in [0.29, 0.717) is 38.3 Å². The van der Waals surface area contributed by atoms with E-state index >= 15 is 0 Å². The summed E-state index contributed by atoms with van der Waals surface area (Å²) in [6.07, 6.45) is -0.0625. The van der Waals surface area contributed by atoms with Crippen LogP contribution in [0.2, 0.25) is 0 Å². The smallest absolute Gasteiger partial charge is 0.415 e. The Morgan fingerprint density at radius 1 is 0.769 bits per heavy atom. The van der Waals surface area contributed by atoms with Gasteiger partial charge in [0.25, 0.3) is 0 Å². The SMILES string of the molecule is O=C(OCc1ccccc1)N1CCCN(C(=O)Oc2ccccc2)CC1. The molecule has 1 saturated heterocycles. The molecule has 1 aliphatic rings. The van der Waals surface area contributed by atoms with Gasteiger partial charge in [0.15, 0.2) is 0 Å². The van der Waals surface area contributed by atoms with E-state index in [4.69, 9.17) is 9.47 Å². The number of hydrogen-bond acceptors (Lipinski definition) is 4. The second-order valence-electron chi connectivity index (χ2n) is 6.05. The number of para-hydroxylation sites is 1. The van der Waals surface area contributed by atoms with Crippen molar-refractivity contribution in [1.82, 2.24) is 9.80 Å². The van der Waals surface area contributed by atoms with Crippen LogP contribution < -0.4 is 4.74 Å². The predicted octanol–water partition coefficient (Wildman–Crippen LogP) is 3.53. The average molecular weight is 354 g/mol. The van der Waals surface area contributed by atoms with E-state index in [9.17, 15) is 9.59 Å². The number of amides is 2. The Kier molecular flexibility index (Phi) is 6.09. The molecule has 1 fully saturated rings. The molecule has 0 saturated carbocycles. The van der Waals surface area contributed by atoms with Crippen LogP contribution >= 0.6 is 0 Å². The maximum Gasteiger partial charge on any atom is 0.415 e. The standard InChI is InChI=1S/C20H22N2O4/c23-19(25-16-17-8-3-1-4-9-17)21-12-7-13-22(15-14-21)20(24)26-18-10-5-2-6-11-18/h1-6,8-11H,7,12-16H2. The zero-order valence-electron chi connectivity index (χ0n) is 14.5. The Hall–Kier alpha value is -3.02. The zero-order valence-corrected chi connectivity index (χ0v) is 14.5. The normalized spacial score (nSPS) is 14.5. The minimum absolute atomic E-state index is 0.246. The summed E-state index contributed by atoms with van der Waals surface area (Å²) < 4.78 is 10.7. The molecule has 0 unspecified atom stereocenters. The molecule has 6 nitrogen and oxygen atoms in total. The third kappa shape index (κ3) is 4.99. The van der Waals surface area contributed by atoms with E-state index in [2.05, 4.69) is 0 Å². The number of rotatable bonds is 3.